The highest BCUT2D eigenvalue weighted by Crippen LogP contribution is 2.45. The highest BCUT2D eigenvalue weighted by Gasteiger charge is 2.38. The first-order valence-electron chi connectivity index (χ1n) is 10.9. The molecule has 2 amide bonds. The molecule has 7 heteroatoms. The minimum absolute atomic E-state index is 0.152. The second kappa shape index (κ2) is 8.06. The molecule has 172 valence electrons. The number of likely N-dealkylation sites (N-methyl/N-ethyl adjacent to an activating group) is 1. The third-order valence-electron chi connectivity index (χ3n) is 5.99. The van der Waals surface area contributed by atoms with E-state index in [-0.39, 0.29) is 35.2 Å². The molecule has 0 saturated heterocycles. The molecule has 0 fully saturated rings. The Morgan fingerprint density at radius 3 is 2.52 bits per heavy atom. The van der Waals surface area contributed by atoms with Gasteiger partial charge in [0.2, 0.25) is 0 Å². The monoisotopic (exact) mass is 447 g/mol. The van der Waals surface area contributed by atoms with Crippen molar-refractivity contribution in [1.82, 2.24) is 14.8 Å². The number of carbonyl (C=O) groups excluding carboxylic acids is 2. The third-order valence-corrected chi connectivity index (χ3v) is 5.99. The summed E-state index contributed by atoms with van der Waals surface area (Å²) in [5.41, 5.74) is 3.12. The van der Waals surface area contributed by atoms with Crippen molar-refractivity contribution in [3.05, 3.63) is 64.3 Å². The van der Waals surface area contributed by atoms with Crippen LogP contribution in [0, 0.1) is 6.92 Å². The van der Waals surface area contributed by atoms with Crippen LogP contribution in [0.2, 0.25) is 0 Å². The number of ether oxygens (including phenoxy) is 1. The Bertz CT molecular complexity index is 1260. The van der Waals surface area contributed by atoms with Crippen molar-refractivity contribution in [1.29, 1.82) is 0 Å². The number of amides is 2. The summed E-state index contributed by atoms with van der Waals surface area (Å²) >= 11 is 0. The molecule has 0 radical (unpaired) electrons. The van der Waals surface area contributed by atoms with Gasteiger partial charge < -0.3 is 19.6 Å². The van der Waals surface area contributed by atoms with Crippen LogP contribution in [0.25, 0.3) is 10.9 Å². The molecule has 0 saturated carbocycles. The van der Waals surface area contributed by atoms with Gasteiger partial charge in [-0.1, -0.05) is 29.8 Å². The van der Waals surface area contributed by atoms with Crippen molar-refractivity contribution in [2.24, 2.45) is 0 Å². The summed E-state index contributed by atoms with van der Waals surface area (Å²) < 4.78 is 6.33. The first-order chi connectivity index (χ1) is 15.5. The lowest BCUT2D eigenvalue weighted by Gasteiger charge is -2.30. The molecule has 4 rings (SSSR count). The first-order valence-corrected chi connectivity index (χ1v) is 10.9. The molecule has 0 bridgehead atoms. The molecule has 7 nitrogen and oxygen atoms in total. The van der Waals surface area contributed by atoms with Gasteiger partial charge in [0, 0.05) is 38.3 Å². The van der Waals surface area contributed by atoms with E-state index >= 15 is 0 Å². The van der Waals surface area contributed by atoms with E-state index in [0.29, 0.717) is 23.1 Å². The molecule has 2 aromatic carbocycles. The van der Waals surface area contributed by atoms with Crippen LogP contribution in [0.15, 0.2) is 36.5 Å². The van der Waals surface area contributed by atoms with Crippen LogP contribution in [0.1, 0.15) is 46.5 Å². The molecule has 1 aromatic heterocycles. The number of aryl methyl sites for hydroxylation is 1. The topological polar surface area (TPSA) is 83.0 Å². The molecule has 2 heterocycles. The van der Waals surface area contributed by atoms with Crippen LogP contribution in [-0.4, -0.2) is 58.4 Å². The second-order valence-electron chi connectivity index (χ2n) is 9.41. The van der Waals surface area contributed by atoms with Crippen molar-refractivity contribution in [2.75, 3.05) is 21.1 Å². The number of aromatic hydroxyl groups is 1. The summed E-state index contributed by atoms with van der Waals surface area (Å²) in [5, 5.41) is 11.5. The fourth-order valence-electron chi connectivity index (χ4n) is 4.28. The maximum atomic E-state index is 12.8. The zero-order chi connectivity index (χ0) is 24.1. The van der Waals surface area contributed by atoms with E-state index < -0.39 is 5.60 Å². The van der Waals surface area contributed by atoms with Gasteiger partial charge in [-0.3, -0.25) is 14.6 Å². The Balaban J connectivity index is 1.89. The summed E-state index contributed by atoms with van der Waals surface area (Å²) in [7, 11) is 5.01. The number of pyridine rings is 1. The standard InChI is InChI=1S/C26H29N3O4/c1-15-7-9-16(10-8-15)11-17-12-18-21(27-13-17)22(30)20-19(14-29(6)24(20)31)23(18)33-26(2,3)25(32)28(4)5/h7-10,12-13,30H,11,14H2,1-6H3. The average Bonchev–Trinajstić information content (AvgIpc) is 3.06. The normalized spacial score (nSPS) is 13.4. The lowest BCUT2D eigenvalue weighted by atomic mass is 9.98. The lowest BCUT2D eigenvalue weighted by Crippen LogP contribution is -2.46. The Morgan fingerprint density at radius 2 is 1.88 bits per heavy atom. The van der Waals surface area contributed by atoms with Gasteiger partial charge in [-0.25, -0.2) is 0 Å². The van der Waals surface area contributed by atoms with Gasteiger partial charge in [-0.05, 0) is 44.4 Å². The minimum Gasteiger partial charge on any atom is -0.505 e. The van der Waals surface area contributed by atoms with Crippen molar-refractivity contribution in [3.8, 4) is 11.5 Å². The Labute approximate surface area is 193 Å². The summed E-state index contributed by atoms with van der Waals surface area (Å²) in [4.78, 5) is 33.1. The maximum absolute atomic E-state index is 12.8. The minimum atomic E-state index is -1.18. The number of phenols is 1. The van der Waals surface area contributed by atoms with Crippen molar-refractivity contribution in [2.45, 2.75) is 39.3 Å². The molecule has 1 aliphatic rings. The zero-order valence-corrected chi connectivity index (χ0v) is 19.9. The molecule has 0 spiro atoms. The van der Waals surface area contributed by atoms with E-state index in [4.69, 9.17) is 4.74 Å². The van der Waals surface area contributed by atoms with Crippen molar-refractivity contribution >= 4 is 22.7 Å². The van der Waals surface area contributed by atoms with E-state index in [9.17, 15) is 14.7 Å². The van der Waals surface area contributed by atoms with Crippen LogP contribution in [0.5, 0.6) is 11.5 Å². The number of hydrogen-bond acceptors (Lipinski definition) is 5. The van der Waals surface area contributed by atoms with Gasteiger partial charge >= 0.3 is 0 Å². The molecule has 33 heavy (non-hydrogen) atoms. The van der Waals surface area contributed by atoms with E-state index in [1.54, 1.807) is 41.2 Å². The summed E-state index contributed by atoms with van der Waals surface area (Å²) in [6.45, 7) is 5.72. The van der Waals surface area contributed by atoms with Crippen LogP contribution in [0.3, 0.4) is 0 Å². The quantitative estimate of drug-likeness (QED) is 0.645. The molecule has 0 atom stereocenters. The Kier molecular flexibility index (Phi) is 5.52. The number of nitrogens with zero attached hydrogens (tertiary/aromatic N) is 3. The molecule has 1 aliphatic heterocycles. The van der Waals surface area contributed by atoms with Crippen LogP contribution in [0.4, 0.5) is 0 Å². The summed E-state index contributed by atoms with van der Waals surface area (Å²) in [5.74, 6) is -0.246. The van der Waals surface area contributed by atoms with Gasteiger partial charge in [0.25, 0.3) is 11.8 Å². The predicted molar refractivity (Wildman–Crippen MR) is 127 cm³/mol. The number of aromatic nitrogens is 1. The molecule has 0 aliphatic carbocycles. The number of rotatable bonds is 5. The number of benzene rings is 2. The summed E-state index contributed by atoms with van der Waals surface area (Å²) in [6.07, 6.45) is 2.36. The first kappa shape index (κ1) is 22.6. The van der Waals surface area contributed by atoms with Gasteiger partial charge in [0.15, 0.2) is 11.4 Å². The number of hydrogen-bond donors (Lipinski definition) is 1. The largest absolute Gasteiger partial charge is 0.505 e. The van der Waals surface area contributed by atoms with E-state index in [2.05, 4.69) is 29.2 Å². The van der Waals surface area contributed by atoms with Crippen molar-refractivity contribution < 1.29 is 19.4 Å². The predicted octanol–water partition coefficient (Wildman–Crippen LogP) is 3.67. The van der Waals surface area contributed by atoms with Gasteiger partial charge in [-0.15, -0.1) is 0 Å². The molecular weight excluding hydrogens is 418 g/mol. The second-order valence-corrected chi connectivity index (χ2v) is 9.41. The van der Waals surface area contributed by atoms with Crippen LogP contribution in [-0.2, 0) is 17.8 Å². The third kappa shape index (κ3) is 3.99. The Morgan fingerprint density at radius 1 is 1.21 bits per heavy atom. The van der Waals surface area contributed by atoms with Gasteiger partial charge in [-0.2, -0.15) is 0 Å². The average molecular weight is 448 g/mol. The zero-order valence-electron chi connectivity index (χ0n) is 19.9. The van der Waals surface area contributed by atoms with Crippen LogP contribution < -0.4 is 4.74 Å². The van der Waals surface area contributed by atoms with Gasteiger partial charge in [0.1, 0.15) is 11.3 Å². The van der Waals surface area contributed by atoms with Gasteiger partial charge in [0.05, 0.1) is 12.1 Å². The molecular formula is C26H29N3O4. The SMILES string of the molecule is Cc1ccc(Cc2cnc3c(O)c4c(c(OC(C)(C)C(=O)N(C)C)c3c2)CN(C)C4=O)cc1. The highest BCUT2D eigenvalue weighted by molar-refractivity contribution is 6.08. The smallest absolute Gasteiger partial charge is 0.265 e. The van der Waals surface area contributed by atoms with E-state index in [0.717, 1.165) is 11.1 Å². The fraction of sp³-hybridized carbons (Fsp3) is 0.346. The maximum Gasteiger partial charge on any atom is 0.265 e. The highest BCUT2D eigenvalue weighted by atomic mass is 16.5. The molecule has 3 aromatic rings. The van der Waals surface area contributed by atoms with Crippen LogP contribution >= 0.6 is 0 Å². The number of carbonyl (C=O) groups is 2. The Hall–Kier alpha value is -3.61. The van der Waals surface area contributed by atoms with Crippen molar-refractivity contribution in [3.63, 3.8) is 0 Å². The number of fused-ring (bicyclic) bond motifs is 2. The fourth-order valence-corrected chi connectivity index (χ4v) is 4.28. The number of phenolic OH excluding ortho intramolecular Hbond substituents is 1. The van der Waals surface area contributed by atoms with E-state index in [1.165, 1.54) is 15.4 Å². The summed E-state index contributed by atoms with van der Waals surface area (Å²) in [6, 6.07) is 10.2. The van der Waals surface area contributed by atoms with E-state index in [1.807, 2.05) is 13.0 Å². The molecule has 0 unspecified atom stereocenters. The molecule has 1 N–H and O–H groups in total. The lowest BCUT2D eigenvalue weighted by molar-refractivity contribution is -0.142.